The average molecular weight is 328 g/mol. The lowest BCUT2D eigenvalue weighted by molar-refractivity contribution is -0.0399. The zero-order valence-electron chi connectivity index (χ0n) is 8.72. The Morgan fingerprint density at radius 2 is 2.24 bits per heavy atom. The number of hydrogen-bond donors (Lipinski definition) is 1. The average Bonchev–Trinajstić information content (AvgIpc) is 2.63. The molecule has 1 aliphatic heterocycles. The molecule has 1 aromatic carbocycles. The predicted octanol–water partition coefficient (Wildman–Crippen LogP) is 3.12. The molecule has 0 fully saturated rings. The van der Waals surface area contributed by atoms with Gasteiger partial charge in [0.05, 0.1) is 6.61 Å². The lowest BCUT2D eigenvalue weighted by Gasteiger charge is -2.17. The molecule has 0 amide bonds. The van der Waals surface area contributed by atoms with Crippen molar-refractivity contribution in [3.05, 3.63) is 27.7 Å². The molecule has 2 rings (SSSR count). The van der Waals surface area contributed by atoms with Gasteiger partial charge >= 0.3 is 5.38 Å². The minimum absolute atomic E-state index is 0.238. The van der Waals surface area contributed by atoms with Crippen LogP contribution in [0.25, 0.3) is 0 Å². The van der Waals surface area contributed by atoms with E-state index in [1.807, 2.05) is 6.07 Å². The Hall–Kier alpha value is -0.390. The van der Waals surface area contributed by atoms with Crippen LogP contribution in [0.1, 0.15) is 11.1 Å². The predicted molar refractivity (Wildman–Crippen MR) is 63.9 cm³/mol. The van der Waals surface area contributed by atoms with E-state index in [1.165, 1.54) is 0 Å². The lowest BCUT2D eigenvalue weighted by atomic mass is 10.0. The standard InChI is InChI=1S/C11H10BrClF2O2/c12-8-3-6-1-2-17-10(6)7(4-8)5-9(16)11(13,14)15/h3-4,9,16H,1-2,5H2. The van der Waals surface area contributed by atoms with Crippen LogP contribution in [0.2, 0.25) is 0 Å². The van der Waals surface area contributed by atoms with Gasteiger partial charge in [-0.1, -0.05) is 15.9 Å². The summed E-state index contributed by atoms with van der Waals surface area (Å²) in [6, 6.07) is 3.55. The Labute approximate surface area is 111 Å². The molecule has 0 saturated heterocycles. The van der Waals surface area contributed by atoms with Crippen LogP contribution in [-0.4, -0.2) is 23.2 Å². The van der Waals surface area contributed by atoms with E-state index < -0.39 is 11.5 Å². The van der Waals surface area contributed by atoms with Crippen molar-refractivity contribution in [1.29, 1.82) is 0 Å². The van der Waals surface area contributed by atoms with Crippen molar-refractivity contribution in [2.75, 3.05) is 6.61 Å². The maximum atomic E-state index is 12.7. The Morgan fingerprint density at radius 3 is 2.88 bits per heavy atom. The zero-order valence-corrected chi connectivity index (χ0v) is 11.1. The molecule has 1 aromatic rings. The fourth-order valence-corrected chi connectivity index (χ4v) is 2.45. The van der Waals surface area contributed by atoms with E-state index in [2.05, 4.69) is 15.9 Å². The SMILES string of the molecule is OC(Cc1cc(Br)cc2c1OCC2)C(F)(F)Cl. The summed E-state index contributed by atoms with van der Waals surface area (Å²) < 4.78 is 31.6. The molecule has 0 aliphatic carbocycles. The summed E-state index contributed by atoms with van der Waals surface area (Å²) in [5.41, 5.74) is 1.50. The second-order valence-electron chi connectivity index (χ2n) is 3.91. The van der Waals surface area contributed by atoms with Gasteiger partial charge in [-0.15, -0.1) is 0 Å². The van der Waals surface area contributed by atoms with Crippen molar-refractivity contribution in [1.82, 2.24) is 0 Å². The van der Waals surface area contributed by atoms with E-state index in [-0.39, 0.29) is 6.42 Å². The fraction of sp³-hybridized carbons (Fsp3) is 0.455. The van der Waals surface area contributed by atoms with Crippen LogP contribution in [0, 0.1) is 0 Å². The van der Waals surface area contributed by atoms with Crippen molar-refractivity contribution >= 4 is 27.5 Å². The van der Waals surface area contributed by atoms with E-state index in [9.17, 15) is 13.9 Å². The molecular formula is C11H10BrClF2O2. The maximum Gasteiger partial charge on any atom is 0.347 e. The third kappa shape index (κ3) is 2.89. The summed E-state index contributed by atoms with van der Waals surface area (Å²) in [4.78, 5) is 0. The van der Waals surface area contributed by atoms with Gasteiger partial charge in [0, 0.05) is 17.3 Å². The van der Waals surface area contributed by atoms with Gasteiger partial charge in [-0.05, 0) is 34.9 Å². The zero-order chi connectivity index (χ0) is 12.6. The number of fused-ring (bicyclic) bond motifs is 1. The first kappa shape index (κ1) is 13.1. The summed E-state index contributed by atoms with van der Waals surface area (Å²) in [6.07, 6.45) is -1.42. The Bertz CT molecular complexity index is 434. The number of aliphatic hydroxyl groups is 1. The normalized spacial score (nSPS) is 16.5. The van der Waals surface area contributed by atoms with Crippen molar-refractivity contribution in [3.8, 4) is 5.75 Å². The minimum atomic E-state index is -3.63. The third-order valence-corrected chi connectivity index (χ3v) is 3.33. The molecule has 1 atom stereocenters. The highest BCUT2D eigenvalue weighted by molar-refractivity contribution is 9.10. The molecular weight excluding hydrogens is 317 g/mol. The molecule has 2 nitrogen and oxygen atoms in total. The highest BCUT2D eigenvalue weighted by Gasteiger charge is 2.36. The number of benzene rings is 1. The second-order valence-corrected chi connectivity index (χ2v) is 5.33. The molecule has 94 valence electrons. The van der Waals surface area contributed by atoms with Gasteiger partial charge in [0.2, 0.25) is 0 Å². The monoisotopic (exact) mass is 326 g/mol. The number of alkyl halides is 3. The molecule has 0 saturated carbocycles. The molecule has 0 spiro atoms. The van der Waals surface area contributed by atoms with Gasteiger partial charge in [0.15, 0.2) is 0 Å². The molecule has 17 heavy (non-hydrogen) atoms. The lowest BCUT2D eigenvalue weighted by Crippen LogP contribution is -2.29. The topological polar surface area (TPSA) is 29.5 Å². The van der Waals surface area contributed by atoms with Gasteiger partial charge in [-0.2, -0.15) is 8.78 Å². The fourth-order valence-electron chi connectivity index (χ4n) is 1.82. The first-order valence-corrected chi connectivity index (χ1v) is 6.24. The number of halogens is 4. The number of aliphatic hydroxyl groups excluding tert-OH is 1. The second kappa shape index (κ2) is 4.71. The summed E-state index contributed by atoms with van der Waals surface area (Å²) in [5, 5.41) is 5.68. The van der Waals surface area contributed by atoms with Gasteiger partial charge < -0.3 is 9.84 Å². The first-order chi connectivity index (χ1) is 7.88. The van der Waals surface area contributed by atoms with Crippen molar-refractivity contribution in [3.63, 3.8) is 0 Å². The van der Waals surface area contributed by atoms with Gasteiger partial charge in [0.25, 0.3) is 0 Å². The number of rotatable bonds is 3. The van der Waals surface area contributed by atoms with Crippen molar-refractivity contribution < 1.29 is 18.6 Å². The molecule has 0 radical (unpaired) electrons. The van der Waals surface area contributed by atoms with Crippen molar-refractivity contribution in [2.24, 2.45) is 0 Å². The van der Waals surface area contributed by atoms with E-state index in [1.54, 1.807) is 6.07 Å². The third-order valence-electron chi connectivity index (χ3n) is 2.62. The van der Waals surface area contributed by atoms with Gasteiger partial charge in [-0.25, -0.2) is 0 Å². The van der Waals surface area contributed by atoms with E-state index in [0.29, 0.717) is 17.9 Å². The molecule has 1 aliphatic rings. The number of ether oxygens (including phenoxy) is 1. The van der Waals surface area contributed by atoms with Crippen LogP contribution in [0.5, 0.6) is 5.75 Å². The minimum Gasteiger partial charge on any atom is -0.493 e. The van der Waals surface area contributed by atoms with Crippen molar-refractivity contribution in [2.45, 2.75) is 24.3 Å². The first-order valence-electron chi connectivity index (χ1n) is 5.07. The Kier molecular flexibility index (Phi) is 3.61. The Morgan fingerprint density at radius 1 is 1.53 bits per heavy atom. The molecule has 0 aromatic heterocycles. The van der Waals surface area contributed by atoms with Crippen LogP contribution < -0.4 is 4.74 Å². The van der Waals surface area contributed by atoms with Crippen LogP contribution in [0.4, 0.5) is 8.78 Å². The summed E-state index contributed by atoms with van der Waals surface area (Å²) in [6.45, 7) is 0.534. The van der Waals surface area contributed by atoms with Crippen LogP contribution in [0.3, 0.4) is 0 Å². The summed E-state index contributed by atoms with van der Waals surface area (Å²) >= 11 is 8.09. The number of hydrogen-bond acceptors (Lipinski definition) is 2. The quantitative estimate of drug-likeness (QED) is 0.864. The summed E-state index contributed by atoms with van der Waals surface area (Å²) in [5.74, 6) is 0.591. The van der Waals surface area contributed by atoms with E-state index in [4.69, 9.17) is 16.3 Å². The van der Waals surface area contributed by atoms with Crippen LogP contribution in [-0.2, 0) is 12.8 Å². The largest absolute Gasteiger partial charge is 0.493 e. The van der Waals surface area contributed by atoms with Gasteiger partial charge in [-0.3, -0.25) is 0 Å². The summed E-state index contributed by atoms with van der Waals surface area (Å²) in [7, 11) is 0. The highest BCUT2D eigenvalue weighted by Crippen LogP contribution is 2.35. The molecule has 1 unspecified atom stereocenters. The smallest absolute Gasteiger partial charge is 0.347 e. The van der Waals surface area contributed by atoms with Crippen LogP contribution >= 0.6 is 27.5 Å². The molecule has 6 heteroatoms. The highest BCUT2D eigenvalue weighted by atomic mass is 79.9. The molecule has 1 heterocycles. The molecule has 0 bridgehead atoms. The van der Waals surface area contributed by atoms with Gasteiger partial charge in [0.1, 0.15) is 11.9 Å². The maximum absolute atomic E-state index is 12.7. The molecule has 1 N–H and O–H groups in total. The van der Waals surface area contributed by atoms with E-state index in [0.717, 1.165) is 16.5 Å². The van der Waals surface area contributed by atoms with E-state index >= 15 is 0 Å². The Balaban J connectivity index is 2.27. The van der Waals surface area contributed by atoms with Crippen LogP contribution in [0.15, 0.2) is 16.6 Å².